The van der Waals surface area contributed by atoms with Crippen molar-refractivity contribution in [2.75, 3.05) is 13.2 Å². The number of furan rings is 1. The maximum atomic E-state index is 12.4. The van der Waals surface area contributed by atoms with Crippen molar-refractivity contribution in [1.29, 1.82) is 0 Å². The van der Waals surface area contributed by atoms with Crippen LogP contribution in [0.2, 0.25) is 0 Å². The summed E-state index contributed by atoms with van der Waals surface area (Å²) in [5.41, 5.74) is 3.43. The molecule has 0 radical (unpaired) electrons. The van der Waals surface area contributed by atoms with E-state index in [1.54, 1.807) is 4.90 Å². The van der Waals surface area contributed by atoms with Gasteiger partial charge < -0.3 is 14.1 Å². The van der Waals surface area contributed by atoms with Gasteiger partial charge in [0.05, 0.1) is 6.42 Å². The van der Waals surface area contributed by atoms with E-state index in [1.165, 1.54) is 5.56 Å². The molecule has 2 aromatic carbocycles. The third-order valence-electron chi connectivity index (χ3n) is 5.14. The molecule has 1 aliphatic rings. The van der Waals surface area contributed by atoms with Crippen molar-refractivity contribution in [3.63, 3.8) is 0 Å². The van der Waals surface area contributed by atoms with Crippen LogP contribution in [0.15, 0.2) is 71.1 Å². The third kappa shape index (κ3) is 4.74. The highest BCUT2D eigenvalue weighted by molar-refractivity contribution is 5.81. The summed E-state index contributed by atoms with van der Waals surface area (Å²) < 4.78 is 11.0. The summed E-state index contributed by atoms with van der Waals surface area (Å²) >= 11 is 0. The highest BCUT2D eigenvalue weighted by atomic mass is 16.5. The van der Waals surface area contributed by atoms with Crippen LogP contribution in [0.25, 0.3) is 11.3 Å². The first kappa shape index (κ1) is 19.0. The van der Waals surface area contributed by atoms with Crippen molar-refractivity contribution >= 4 is 11.9 Å². The number of ether oxygens (including phenoxy) is 1. The monoisotopic (exact) mass is 389 g/mol. The van der Waals surface area contributed by atoms with E-state index in [-0.39, 0.29) is 18.9 Å². The number of rotatable bonds is 6. The molecule has 5 nitrogen and oxygen atoms in total. The zero-order chi connectivity index (χ0) is 20.1. The quantitative estimate of drug-likeness (QED) is 0.598. The van der Waals surface area contributed by atoms with Gasteiger partial charge in [-0.2, -0.15) is 0 Å². The van der Waals surface area contributed by atoms with Crippen LogP contribution in [-0.2, 0) is 33.7 Å². The number of esters is 1. The topological polar surface area (TPSA) is 59.8 Å². The summed E-state index contributed by atoms with van der Waals surface area (Å²) in [6, 6.07) is 21.7. The Bertz CT molecular complexity index is 993. The minimum atomic E-state index is -0.395. The highest BCUT2D eigenvalue weighted by Gasteiger charge is 2.21. The van der Waals surface area contributed by atoms with Gasteiger partial charge in [0.2, 0.25) is 0 Å². The van der Waals surface area contributed by atoms with E-state index < -0.39 is 5.97 Å². The molecule has 0 saturated heterocycles. The first-order valence-electron chi connectivity index (χ1n) is 9.83. The van der Waals surface area contributed by atoms with Crippen molar-refractivity contribution in [2.45, 2.75) is 25.8 Å². The van der Waals surface area contributed by atoms with Gasteiger partial charge in [0.1, 0.15) is 11.5 Å². The van der Waals surface area contributed by atoms with Crippen molar-refractivity contribution in [2.24, 2.45) is 0 Å². The molecule has 0 aliphatic carbocycles. The molecule has 0 saturated carbocycles. The SMILES string of the molecule is O=C(CCc1ccc(-c2ccccc2)o1)OCC(=O)N1CCc2ccccc2C1. The normalized spacial score (nSPS) is 13.0. The zero-order valence-electron chi connectivity index (χ0n) is 16.2. The van der Waals surface area contributed by atoms with E-state index in [1.807, 2.05) is 60.7 Å². The van der Waals surface area contributed by atoms with Crippen LogP contribution in [0.5, 0.6) is 0 Å². The van der Waals surface area contributed by atoms with Crippen molar-refractivity contribution in [1.82, 2.24) is 4.90 Å². The number of nitrogens with zero attached hydrogens (tertiary/aromatic N) is 1. The molecule has 2 heterocycles. The fraction of sp³-hybridized carbons (Fsp3) is 0.250. The Kier molecular flexibility index (Phi) is 5.75. The highest BCUT2D eigenvalue weighted by Crippen LogP contribution is 2.22. The average Bonchev–Trinajstić information content (AvgIpc) is 3.25. The molecule has 0 bridgehead atoms. The molecule has 0 atom stereocenters. The number of hydrogen-bond acceptors (Lipinski definition) is 4. The van der Waals surface area contributed by atoms with E-state index in [0.717, 1.165) is 29.1 Å². The standard InChI is InChI=1S/C24H23NO4/c26-23(25-15-14-18-6-4-5-9-20(18)16-25)17-28-24(27)13-11-21-10-12-22(29-21)19-7-2-1-3-8-19/h1-10,12H,11,13-17H2. The fourth-order valence-corrected chi connectivity index (χ4v) is 3.51. The predicted molar refractivity (Wildman–Crippen MR) is 109 cm³/mol. The molecule has 0 fully saturated rings. The minimum Gasteiger partial charge on any atom is -0.461 e. The van der Waals surface area contributed by atoms with E-state index in [2.05, 4.69) is 6.07 Å². The van der Waals surface area contributed by atoms with Crippen LogP contribution in [0, 0.1) is 0 Å². The predicted octanol–water partition coefficient (Wildman–Crippen LogP) is 4.01. The van der Waals surface area contributed by atoms with Crippen LogP contribution in [0.3, 0.4) is 0 Å². The summed E-state index contributed by atoms with van der Waals surface area (Å²) in [4.78, 5) is 26.2. The molecule has 3 aromatic rings. The molecular formula is C24H23NO4. The second-order valence-electron chi connectivity index (χ2n) is 7.13. The number of aryl methyl sites for hydroxylation is 1. The van der Waals surface area contributed by atoms with Crippen LogP contribution in [0.4, 0.5) is 0 Å². The minimum absolute atomic E-state index is 0.155. The smallest absolute Gasteiger partial charge is 0.306 e. The Morgan fingerprint density at radius 1 is 0.931 bits per heavy atom. The van der Waals surface area contributed by atoms with E-state index in [4.69, 9.17) is 9.15 Å². The van der Waals surface area contributed by atoms with Gasteiger partial charge in [-0.05, 0) is 29.7 Å². The number of benzene rings is 2. The van der Waals surface area contributed by atoms with Gasteiger partial charge >= 0.3 is 5.97 Å². The number of carbonyl (C=O) groups is 2. The number of carbonyl (C=O) groups excluding carboxylic acids is 2. The molecule has 1 aromatic heterocycles. The Morgan fingerprint density at radius 2 is 1.69 bits per heavy atom. The molecule has 29 heavy (non-hydrogen) atoms. The molecule has 0 spiro atoms. The zero-order valence-corrected chi connectivity index (χ0v) is 16.2. The molecule has 5 heteroatoms. The van der Waals surface area contributed by atoms with Crippen molar-refractivity contribution in [3.8, 4) is 11.3 Å². The molecule has 1 aliphatic heterocycles. The van der Waals surface area contributed by atoms with Gasteiger partial charge in [0.15, 0.2) is 6.61 Å². The first-order valence-corrected chi connectivity index (χ1v) is 9.83. The Balaban J connectivity index is 1.23. The first-order chi connectivity index (χ1) is 14.2. The maximum absolute atomic E-state index is 12.4. The van der Waals surface area contributed by atoms with Gasteiger partial charge in [-0.1, -0.05) is 54.6 Å². The molecular weight excluding hydrogens is 366 g/mol. The third-order valence-corrected chi connectivity index (χ3v) is 5.14. The van der Waals surface area contributed by atoms with Gasteiger partial charge in [-0.3, -0.25) is 9.59 Å². The molecule has 148 valence electrons. The van der Waals surface area contributed by atoms with Gasteiger partial charge in [0, 0.05) is 25.1 Å². The second kappa shape index (κ2) is 8.78. The van der Waals surface area contributed by atoms with Crippen molar-refractivity contribution in [3.05, 3.63) is 83.6 Å². The Labute approximate surface area is 169 Å². The van der Waals surface area contributed by atoms with Crippen molar-refractivity contribution < 1.29 is 18.7 Å². The van der Waals surface area contributed by atoms with E-state index >= 15 is 0 Å². The fourth-order valence-electron chi connectivity index (χ4n) is 3.51. The number of amides is 1. The summed E-state index contributed by atoms with van der Waals surface area (Å²) in [5.74, 6) is 0.944. The van der Waals surface area contributed by atoms with Crippen LogP contribution in [0.1, 0.15) is 23.3 Å². The average molecular weight is 389 g/mol. The van der Waals surface area contributed by atoms with E-state index in [0.29, 0.717) is 19.5 Å². The Morgan fingerprint density at radius 3 is 2.52 bits per heavy atom. The molecule has 4 rings (SSSR count). The van der Waals surface area contributed by atoms with Crippen LogP contribution < -0.4 is 0 Å². The lowest BCUT2D eigenvalue weighted by atomic mass is 10.00. The molecule has 0 N–H and O–H groups in total. The lowest BCUT2D eigenvalue weighted by Crippen LogP contribution is -2.38. The summed E-state index contributed by atoms with van der Waals surface area (Å²) in [6.07, 6.45) is 1.45. The second-order valence-corrected chi connectivity index (χ2v) is 7.13. The van der Waals surface area contributed by atoms with Crippen LogP contribution >= 0.6 is 0 Å². The molecule has 1 amide bonds. The number of hydrogen-bond donors (Lipinski definition) is 0. The Hall–Kier alpha value is -3.34. The summed E-state index contributed by atoms with van der Waals surface area (Å²) in [6.45, 7) is 1.01. The maximum Gasteiger partial charge on any atom is 0.306 e. The molecule has 0 unspecified atom stereocenters. The largest absolute Gasteiger partial charge is 0.461 e. The van der Waals surface area contributed by atoms with Gasteiger partial charge in [0.25, 0.3) is 5.91 Å². The summed E-state index contributed by atoms with van der Waals surface area (Å²) in [5, 5.41) is 0. The van der Waals surface area contributed by atoms with E-state index in [9.17, 15) is 9.59 Å². The number of fused-ring (bicyclic) bond motifs is 1. The summed E-state index contributed by atoms with van der Waals surface area (Å²) in [7, 11) is 0. The van der Waals surface area contributed by atoms with Crippen LogP contribution in [-0.4, -0.2) is 29.9 Å². The van der Waals surface area contributed by atoms with Gasteiger partial charge in [-0.15, -0.1) is 0 Å². The lowest BCUT2D eigenvalue weighted by molar-refractivity contribution is -0.152. The lowest BCUT2D eigenvalue weighted by Gasteiger charge is -2.28. The van der Waals surface area contributed by atoms with Gasteiger partial charge in [-0.25, -0.2) is 0 Å².